The van der Waals surface area contributed by atoms with Gasteiger partial charge in [-0.15, -0.1) is 11.3 Å². The maximum Gasteiger partial charge on any atom is 0.259 e. The molecule has 21 heavy (non-hydrogen) atoms. The fourth-order valence-corrected chi connectivity index (χ4v) is 5.42. The van der Waals surface area contributed by atoms with Gasteiger partial charge >= 0.3 is 0 Å². The lowest BCUT2D eigenvalue weighted by molar-refractivity contribution is 0.339. The molecule has 1 aliphatic carbocycles. The monoisotopic (exact) mass is 347 g/mol. The van der Waals surface area contributed by atoms with Crippen LogP contribution in [-0.2, 0) is 10.0 Å². The van der Waals surface area contributed by atoms with Gasteiger partial charge in [-0.1, -0.05) is 43.7 Å². The van der Waals surface area contributed by atoms with Gasteiger partial charge in [0.15, 0.2) is 15.1 Å². The highest BCUT2D eigenvalue weighted by Crippen LogP contribution is 2.27. The highest BCUT2D eigenvalue weighted by molar-refractivity contribution is 7.89. The summed E-state index contributed by atoms with van der Waals surface area (Å²) in [6, 6.07) is 0. The van der Waals surface area contributed by atoms with Gasteiger partial charge in [-0.25, -0.2) is 18.1 Å². The molecule has 1 aliphatic rings. The van der Waals surface area contributed by atoms with Gasteiger partial charge in [-0.2, -0.15) is 0 Å². The zero-order valence-corrected chi connectivity index (χ0v) is 14.0. The molecule has 2 aromatic heterocycles. The number of fused-ring (bicyclic) bond motifs is 1. The predicted molar refractivity (Wildman–Crippen MR) is 84.5 cm³/mol. The minimum Gasteiger partial charge on any atom is -0.279 e. The Morgan fingerprint density at radius 3 is 2.90 bits per heavy atom. The molecular weight excluding hydrogens is 330 g/mol. The van der Waals surface area contributed by atoms with E-state index in [9.17, 15) is 8.42 Å². The molecule has 1 N–H and O–H groups in total. The highest BCUT2D eigenvalue weighted by Gasteiger charge is 2.25. The molecule has 0 aromatic carbocycles. The van der Waals surface area contributed by atoms with Crippen molar-refractivity contribution >= 4 is 37.9 Å². The van der Waals surface area contributed by atoms with E-state index >= 15 is 0 Å². The second-order valence-corrected chi connectivity index (χ2v) is 8.37. The number of imidazole rings is 1. The van der Waals surface area contributed by atoms with Gasteiger partial charge in [0.25, 0.3) is 10.0 Å². The van der Waals surface area contributed by atoms with E-state index in [4.69, 9.17) is 11.6 Å². The summed E-state index contributed by atoms with van der Waals surface area (Å²) in [5.74, 6) is 0.642. The van der Waals surface area contributed by atoms with Crippen LogP contribution in [-0.4, -0.2) is 24.3 Å². The molecule has 8 heteroatoms. The molecule has 1 saturated carbocycles. The Bertz CT molecular complexity index is 717. The van der Waals surface area contributed by atoms with E-state index in [1.807, 2.05) is 0 Å². The zero-order valence-electron chi connectivity index (χ0n) is 11.6. The lowest BCUT2D eigenvalue weighted by atomic mass is 9.87. The minimum absolute atomic E-state index is 0.0343. The van der Waals surface area contributed by atoms with Crippen molar-refractivity contribution in [2.75, 3.05) is 6.54 Å². The van der Waals surface area contributed by atoms with Crippen molar-refractivity contribution in [1.29, 1.82) is 0 Å². The van der Waals surface area contributed by atoms with Crippen LogP contribution in [0.3, 0.4) is 0 Å². The van der Waals surface area contributed by atoms with Crippen LogP contribution in [0.5, 0.6) is 0 Å². The Morgan fingerprint density at radius 1 is 1.38 bits per heavy atom. The van der Waals surface area contributed by atoms with Crippen LogP contribution in [0.15, 0.2) is 16.6 Å². The first kappa shape index (κ1) is 15.3. The molecule has 0 bridgehead atoms. The lowest BCUT2D eigenvalue weighted by Crippen LogP contribution is -2.27. The molecule has 0 aliphatic heterocycles. The van der Waals surface area contributed by atoms with Gasteiger partial charge in [0.05, 0.1) is 0 Å². The standard InChI is InChI=1S/C13H18ClN3O2S2/c14-11-12(17-8-9-20-13(17)16-11)21(18,19)15-7-6-10-4-2-1-3-5-10/h8-10,15H,1-7H2. The number of rotatable bonds is 5. The van der Waals surface area contributed by atoms with Crippen LogP contribution in [0, 0.1) is 5.92 Å². The van der Waals surface area contributed by atoms with Gasteiger partial charge in [0, 0.05) is 18.1 Å². The maximum atomic E-state index is 12.4. The molecule has 2 aromatic rings. The van der Waals surface area contributed by atoms with E-state index in [1.54, 1.807) is 11.6 Å². The molecule has 2 heterocycles. The van der Waals surface area contributed by atoms with Crippen molar-refractivity contribution in [2.24, 2.45) is 5.92 Å². The summed E-state index contributed by atoms with van der Waals surface area (Å²) in [6.07, 6.45) is 8.83. The van der Waals surface area contributed by atoms with Gasteiger partial charge in [0.2, 0.25) is 0 Å². The number of aromatic nitrogens is 2. The molecule has 116 valence electrons. The second-order valence-electron chi connectivity index (χ2n) is 5.45. The summed E-state index contributed by atoms with van der Waals surface area (Å²) in [5.41, 5.74) is 0. The molecule has 1 fully saturated rings. The average molecular weight is 348 g/mol. The Kier molecular flexibility index (Phi) is 4.54. The van der Waals surface area contributed by atoms with Gasteiger partial charge in [0.1, 0.15) is 0 Å². The molecule has 0 spiro atoms. The second kappa shape index (κ2) is 6.24. The van der Waals surface area contributed by atoms with Crippen molar-refractivity contribution in [3.05, 3.63) is 16.7 Å². The third-order valence-corrected chi connectivity index (χ3v) is 6.62. The van der Waals surface area contributed by atoms with Crippen molar-refractivity contribution in [2.45, 2.75) is 43.6 Å². The number of hydrogen-bond acceptors (Lipinski definition) is 4. The van der Waals surface area contributed by atoms with E-state index in [0.717, 1.165) is 6.42 Å². The predicted octanol–water partition coefficient (Wildman–Crippen LogP) is 3.30. The van der Waals surface area contributed by atoms with Crippen molar-refractivity contribution in [1.82, 2.24) is 14.1 Å². The van der Waals surface area contributed by atoms with E-state index in [2.05, 4.69) is 9.71 Å². The van der Waals surface area contributed by atoms with Crippen LogP contribution < -0.4 is 4.72 Å². The molecule has 0 radical (unpaired) electrons. The number of nitrogens with zero attached hydrogens (tertiary/aromatic N) is 2. The topological polar surface area (TPSA) is 63.5 Å². The summed E-state index contributed by atoms with van der Waals surface area (Å²) in [4.78, 5) is 4.66. The lowest BCUT2D eigenvalue weighted by Gasteiger charge is -2.21. The zero-order chi connectivity index (χ0) is 14.9. The normalized spacial score (nSPS) is 17.6. The van der Waals surface area contributed by atoms with E-state index in [-0.39, 0.29) is 10.2 Å². The Labute approximate surface area is 133 Å². The van der Waals surface area contributed by atoms with Crippen molar-refractivity contribution in [3.8, 4) is 0 Å². The molecule has 0 unspecified atom stereocenters. The van der Waals surface area contributed by atoms with Gasteiger partial charge < -0.3 is 0 Å². The fraction of sp³-hybridized carbons (Fsp3) is 0.615. The first-order valence-electron chi connectivity index (χ1n) is 7.18. The van der Waals surface area contributed by atoms with E-state index in [1.165, 1.54) is 47.8 Å². The van der Waals surface area contributed by atoms with Crippen molar-refractivity contribution < 1.29 is 8.42 Å². The van der Waals surface area contributed by atoms with Crippen LogP contribution in [0.1, 0.15) is 38.5 Å². The summed E-state index contributed by atoms with van der Waals surface area (Å²) >= 11 is 7.34. The molecule has 3 rings (SSSR count). The molecule has 5 nitrogen and oxygen atoms in total. The molecule has 0 saturated heterocycles. The first-order chi connectivity index (χ1) is 10.1. The summed E-state index contributed by atoms with van der Waals surface area (Å²) < 4.78 is 29.0. The number of nitrogens with one attached hydrogen (secondary N) is 1. The Morgan fingerprint density at radius 2 is 2.14 bits per heavy atom. The Hall–Kier alpha value is -0.630. The van der Waals surface area contributed by atoms with Crippen molar-refractivity contribution in [3.63, 3.8) is 0 Å². The number of sulfonamides is 1. The molecular formula is C13H18ClN3O2S2. The third-order valence-electron chi connectivity index (χ3n) is 4.00. The number of hydrogen-bond donors (Lipinski definition) is 1. The summed E-state index contributed by atoms with van der Waals surface area (Å²) in [7, 11) is -3.62. The van der Waals surface area contributed by atoms with E-state index < -0.39 is 10.0 Å². The van der Waals surface area contributed by atoms with Crippen LogP contribution in [0.4, 0.5) is 0 Å². The van der Waals surface area contributed by atoms with Crippen LogP contribution >= 0.6 is 22.9 Å². The van der Waals surface area contributed by atoms with E-state index in [0.29, 0.717) is 17.4 Å². The van der Waals surface area contributed by atoms with Crippen LogP contribution in [0.2, 0.25) is 5.15 Å². The number of halogens is 1. The number of thiazole rings is 1. The smallest absolute Gasteiger partial charge is 0.259 e. The van der Waals surface area contributed by atoms with Crippen LogP contribution in [0.25, 0.3) is 4.96 Å². The Balaban J connectivity index is 1.68. The van der Waals surface area contributed by atoms with Gasteiger partial charge in [-0.3, -0.25) is 4.40 Å². The van der Waals surface area contributed by atoms with Gasteiger partial charge in [-0.05, 0) is 12.3 Å². The largest absolute Gasteiger partial charge is 0.279 e. The first-order valence-corrected chi connectivity index (χ1v) is 9.93. The molecule has 0 atom stereocenters. The third kappa shape index (κ3) is 3.26. The SMILES string of the molecule is O=S(=O)(NCCC1CCCCC1)c1c(Cl)nc2sccn12. The quantitative estimate of drug-likeness (QED) is 0.902. The average Bonchev–Trinajstić information content (AvgIpc) is 2.99. The minimum atomic E-state index is -3.62. The fourth-order valence-electron chi connectivity index (χ4n) is 2.92. The highest BCUT2D eigenvalue weighted by atomic mass is 35.5. The summed E-state index contributed by atoms with van der Waals surface area (Å²) in [6.45, 7) is 0.459. The molecule has 0 amide bonds. The maximum absolute atomic E-state index is 12.4. The summed E-state index contributed by atoms with van der Waals surface area (Å²) in [5, 5.41) is 1.87.